The van der Waals surface area contributed by atoms with Crippen molar-refractivity contribution in [3.8, 4) is 0 Å². The molecule has 0 bridgehead atoms. The minimum absolute atomic E-state index is 0.0630. The van der Waals surface area contributed by atoms with E-state index < -0.39 is 5.97 Å². The molecule has 1 unspecified atom stereocenters. The highest BCUT2D eigenvalue weighted by Gasteiger charge is 2.23. The molecular formula is C19H23N3O2. The summed E-state index contributed by atoms with van der Waals surface area (Å²) >= 11 is 0. The molecule has 1 aliphatic heterocycles. The van der Waals surface area contributed by atoms with Crippen LogP contribution in [0.4, 0.5) is 5.82 Å². The second kappa shape index (κ2) is 7.45. The Morgan fingerprint density at radius 1 is 1.21 bits per heavy atom. The number of hydrogen-bond donors (Lipinski definition) is 2. The van der Waals surface area contributed by atoms with Crippen molar-refractivity contribution in [3.05, 3.63) is 59.3 Å². The maximum atomic E-state index is 11.1. The number of rotatable bonds is 6. The predicted octanol–water partition coefficient (Wildman–Crippen LogP) is 3.34. The van der Waals surface area contributed by atoms with Crippen molar-refractivity contribution in [2.45, 2.75) is 25.8 Å². The van der Waals surface area contributed by atoms with Gasteiger partial charge in [-0.25, -0.2) is 9.78 Å². The Balaban J connectivity index is 1.75. The molecule has 2 heterocycles. The number of likely N-dealkylation sites (tertiary alicyclic amines) is 1. The number of aryl methyl sites for hydroxylation is 1. The third kappa shape index (κ3) is 3.92. The molecule has 5 nitrogen and oxygen atoms in total. The molecule has 2 aromatic rings. The zero-order chi connectivity index (χ0) is 16.9. The molecule has 2 N–H and O–H groups in total. The summed E-state index contributed by atoms with van der Waals surface area (Å²) in [5.41, 5.74) is 2.60. The molecule has 1 saturated heterocycles. The van der Waals surface area contributed by atoms with Gasteiger partial charge in [0.2, 0.25) is 0 Å². The summed E-state index contributed by atoms with van der Waals surface area (Å²) in [5.74, 6) is -0.403. The Morgan fingerprint density at radius 2 is 1.92 bits per heavy atom. The molecule has 3 rings (SSSR count). The first-order chi connectivity index (χ1) is 11.6. The third-order valence-corrected chi connectivity index (χ3v) is 4.49. The van der Waals surface area contributed by atoms with E-state index in [4.69, 9.17) is 5.11 Å². The lowest BCUT2D eigenvalue weighted by molar-refractivity contribution is 0.0690. The topological polar surface area (TPSA) is 65.5 Å². The van der Waals surface area contributed by atoms with E-state index in [1.807, 2.05) is 6.07 Å². The Bertz CT molecular complexity index is 694. The molecule has 0 radical (unpaired) electrons. The van der Waals surface area contributed by atoms with Crippen LogP contribution in [0.1, 0.15) is 40.5 Å². The lowest BCUT2D eigenvalue weighted by atomic mass is 10.0. The minimum atomic E-state index is -1.01. The number of carboxylic acid groups (broad SMARTS) is 1. The van der Waals surface area contributed by atoms with Crippen molar-refractivity contribution in [2.75, 3.05) is 25.0 Å². The predicted molar refractivity (Wildman–Crippen MR) is 94.4 cm³/mol. The minimum Gasteiger partial charge on any atom is -0.477 e. The standard InChI is InChI=1S/C19H23N3O2/c1-14-7-9-15(10-8-14)17(22-11-2-3-12-22)13-20-18-6-4-5-16(21-18)19(23)24/h4-10,17H,2-3,11-13H2,1H3,(H,20,21)(H,23,24). The van der Waals surface area contributed by atoms with Gasteiger partial charge < -0.3 is 10.4 Å². The summed E-state index contributed by atoms with van der Waals surface area (Å²) in [4.78, 5) is 17.7. The zero-order valence-electron chi connectivity index (χ0n) is 13.9. The average molecular weight is 325 g/mol. The maximum absolute atomic E-state index is 11.1. The number of nitrogens with zero attached hydrogens (tertiary/aromatic N) is 2. The van der Waals surface area contributed by atoms with Crippen molar-refractivity contribution in [3.63, 3.8) is 0 Å². The first-order valence-electron chi connectivity index (χ1n) is 8.38. The number of pyridine rings is 1. The van der Waals surface area contributed by atoms with Crippen LogP contribution in [0.25, 0.3) is 0 Å². The molecule has 1 aromatic heterocycles. The second-order valence-corrected chi connectivity index (χ2v) is 6.26. The lowest BCUT2D eigenvalue weighted by Crippen LogP contribution is -2.31. The van der Waals surface area contributed by atoms with Crippen LogP contribution in [0.5, 0.6) is 0 Å². The highest BCUT2D eigenvalue weighted by molar-refractivity contribution is 5.85. The molecule has 0 spiro atoms. The Labute approximate surface area is 142 Å². The van der Waals surface area contributed by atoms with Crippen LogP contribution >= 0.6 is 0 Å². The van der Waals surface area contributed by atoms with Gasteiger partial charge in [-0.1, -0.05) is 35.9 Å². The Kier molecular flexibility index (Phi) is 5.11. The van der Waals surface area contributed by atoms with Crippen molar-refractivity contribution < 1.29 is 9.90 Å². The SMILES string of the molecule is Cc1ccc(C(CNc2cccc(C(=O)O)n2)N2CCCC2)cc1. The fourth-order valence-corrected chi connectivity index (χ4v) is 3.15. The molecule has 1 aliphatic rings. The smallest absolute Gasteiger partial charge is 0.354 e. The van der Waals surface area contributed by atoms with Crippen LogP contribution in [0.3, 0.4) is 0 Å². The van der Waals surface area contributed by atoms with Gasteiger partial charge >= 0.3 is 5.97 Å². The van der Waals surface area contributed by atoms with Crippen molar-refractivity contribution in [1.29, 1.82) is 0 Å². The van der Waals surface area contributed by atoms with Crippen LogP contribution in [-0.4, -0.2) is 40.6 Å². The third-order valence-electron chi connectivity index (χ3n) is 4.49. The molecule has 5 heteroatoms. The highest BCUT2D eigenvalue weighted by atomic mass is 16.4. The van der Waals surface area contributed by atoms with Gasteiger partial charge in [-0.15, -0.1) is 0 Å². The van der Waals surface area contributed by atoms with Gasteiger partial charge in [-0.05, 0) is 50.6 Å². The summed E-state index contributed by atoms with van der Waals surface area (Å²) in [7, 11) is 0. The van der Waals surface area contributed by atoms with E-state index in [-0.39, 0.29) is 11.7 Å². The molecule has 0 amide bonds. The lowest BCUT2D eigenvalue weighted by Gasteiger charge is -2.28. The van der Waals surface area contributed by atoms with Crippen LogP contribution in [0.15, 0.2) is 42.5 Å². The zero-order valence-corrected chi connectivity index (χ0v) is 13.9. The quantitative estimate of drug-likeness (QED) is 0.853. The normalized spacial score (nSPS) is 16.0. The molecule has 1 atom stereocenters. The number of nitrogens with one attached hydrogen (secondary N) is 1. The first kappa shape index (κ1) is 16.5. The van der Waals surface area contributed by atoms with Gasteiger partial charge in [0.15, 0.2) is 5.69 Å². The molecule has 0 aliphatic carbocycles. The van der Waals surface area contributed by atoms with E-state index >= 15 is 0 Å². The van der Waals surface area contributed by atoms with Gasteiger partial charge in [0.1, 0.15) is 5.82 Å². The van der Waals surface area contributed by atoms with Gasteiger partial charge in [0.25, 0.3) is 0 Å². The highest BCUT2D eigenvalue weighted by Crippen LogP contribution is 2.25. The number of anilines is 1. The van der Waals surface area contributed by atoms with Gasteiger partial charge in [-0.3, -0.25) is 4.90 Å². The van der Waals surface area contributed by atoms with Crippen LogP contribution in [0.2, 0.25) is 0 Å². The van der Waals surface area contributed by atoms with Crippen molar-refractivity contribution >= 4 is 11.8 Å². The van der Waals surface area contributed by atoms with Gasteiger partial charge in [0.05, 0.1) is 6.04 Å². The molecule has 1 aromatic carbocycles. The molecular weight excluding hydrogens is 302 g/mol. The number of benzene rings is 1. The largest absolute Gasteiger partial charge is 0.477 e. The fourth-order valence-electron chi connectivity index (χ4n) is 3.15. The number of carboxylic acids is 1. The molecule has 24 heavy (non-hydrogen) atoms. The van der Waals surface area contributed by atoms with Crippen LogP contribution < -0.4 is 5.32 Å². The summed E-state index contributed by atoms with van der Waals surface area (Å²) in [6, 6.07) is 13.9. The van der Waals surface area contributed by atoms with Gasteiger partial charge in [-0.2, -0.15) is 0 Å². The van der Waals surface area contributed by atoms with Crippen molar-refractivity contribution in [2.24, 2.45) is 0 Å². The van der Waals surface area contributed by atoms with Gasteiger partial charge in [0, 0.05) is 6.54 Å². The summed E-state index contributed by atoms with van der Waals surface area (Å²) in [6.07, 6.45) is 2.46. The van der Waals surface area contributed by atoms with Crippen LogP contribution in [0, 0.1) is 6.92 Å². The molecule has 0 saturated carbocycles. The van der Waals surface area contributed by atoms with E-state index in [2.05, 4.69) is 46.4 Å². The second-order valence-electron chi connectivity index (χ2n) is 6.26. The average Bonchev–Trinajstić information content (AvgIpc) is 3.11. The number of carbonyl (C=O) groups is 1. The number of aromatic nitrogens is 1. The Morgan fingerprint density at radius 3 is 2.58 bits per heavy atom. The maximum Gasteiger partial charge on any atom is 0.354 e. The fraction of sp³-hybridized carbons (Fsp3) is 0.368. The van der Waals surface area contributed by atoms with E-state index in [0.717, 1.165) is 13.1 Å². The van der Waals surface area contributed by atoms with Crippen LogP contribution in [-0.2, 0) is 0 Å². The summed E-state index contributed by atoms with van der Waals surface area (Å²) < 4.78 is 0. The molecule has 126 valence electrons. The number of aromatic carboxylic acids is 1. The Hall–Kier alpha value is -2.40. The monoisotopic (exact) mass is 325 g/mol. The van der Waals surface area contributed by atoms with E-state index in [0.29, 0.717) is 12.4 Å². The molecule has 1 fully saturated rings. The van der Waals surface area contributed by atoms with E-state index in [1.54, 1.807) is 6.07 Å². The summed E-state index contributed by atoms with van der Waals surface area (Å²) in [6.45, 7) is 5.00. The van der Waals surface area contributed by atoms with E-state index in [1.165, 1.54) is 30.0 Å². The van der Waals surface area contributed by atoms with Crippen molar-refractivity contribution in [1.82, 2.24) is 9.88 Å². The number of hydrogen-bond acceptors (Lipinski definition) is 4. The first-order valence-corrected chi connectivity index (χ1v) is 8.38. The summed E-state index contributed by atoms with van der Waals surface area (Å²) in [5, 5.41) is 12.4. The van der Waals surface area contributed by atoms with E-state index in [9.17, 15) is 4.79 Å².